The average Bonchev–Trinajstić information content (AvgIpc) is 3.53. The molecular formula is C21H26FN5O4. The van der Waals surface area contributed by atoms with Crippen LogP contribution in [0, 0.1) is 0 Å². The van der Waals surface area contributed by atoms with Crippen LogP contribution in [0.15, 0.2) is 46.1 Å². The van der Waals surface area contributed by atoms with Gasteiger partial charge < -0.3 is 25.1 Å². The molecule has 1 aromatic heterocycles. The molecule has 1 aliphatic carbocycles. The maximum Gasteiger partial charge on any atom is 0.253 e. The number of rotatable bonds is 12. The van der Waals surface area contributed by atoms with Crippen LogP contribution in [0.2, 0.25) is 0 Å². The van der Waals surface area contributed by atoms with Crippen molar-refractivity contribution in [1.82, 2.24) is 10.1 Å². The minimum Gasteiger partial charge on any atom is -0.409 e. The van der Waals surface area contributed by atoms with Crippen molar-refractivity contribution in [2.24, 2.45) is 10.9 Å². The second kappa shape index (κ2) is 10.7. The Bertz CT molecular complexity index is 941. The number of carbonyl (C=O) groups excluding carboxylic acids is 1. The van der Waals surface area contributed by atoms with Crippen molar-refractivity contribution in [3.63, 3.8) is 0 Å². The van der Waals surface area contributed by atoms with Crippen LogP contribution in [0.5, 0.6) is 0 Å². The van der Waals surface area contributed by atoms with E-state index in [0.717, 1.165) is 18.7 Å². The molecule has 10 heteroatoms. The fourth-order valence-electron chi connectivity index (χ4n) is 2.97. The highest BCUT2D eigenvalue weighted by Crippen LogP contribution is 2.38. The number of hydrogen-bond acceptors (Lipinski definition) is 7. The van der Waals surface area contributed by atoms with Crippen molar-refractivity contribution in [3.8, 4) is 0 Å². The van der Waals surface area contributed by atoms with E-state index >= 15 is 0 Å². The molecule has 3 rings (SSSR count). The number of halogens is 1. The SMILES string of the molecule is C=C(CCF)C(=O)N(CCCOCc1nc(C2CC2)no1)c1cccc(/C(N)=N/O)c1. The van der Waals surface area contributed by atoms with Gasteiger partial charge in [0.05, 0.1) is 6.67 Å². The van der Waals surface area contributed by atoms with Gasteiger partial charge in [0.2, 0.25) is 0 Å². The summed E-state index contributed by atoms with van der Waals surface area (Å²) in [5.74, 6) is 1.10. The number of benzene rings is 1. The van der Waals surface area contributed by atoms with E-state index in [-0.39, 0.29) is 30.3 Å². The summed E-state index contributed by atoms with van der Waals surface area (Å²) in [5.41, 5.74) is 6.80. The van der Waals surface area contributed by atoms with Crippen molar-refractivity contribution in [1.29, 1.82) is 0 Å². The molecule has 0 atom stereocenters. The highest BCUT2D eigenvalue weighted by Gasteiger charge is 2.28. The van der Waals surface area contributed by atoms with E-state index < -0.39 is 6.67 Å². The van der Waals surface area contributed by atoms with Crippen LogP contribution in [0.1, 0.15) is 48.9 Å². The molecule has 0 aliphatic heterocycles. The van der Waals surface area contributed by atoms with Gasteiger partial charge >= 0.3 is 0 Å². The van der Waals surface area contributed by atoms with Gasteiger partial charge in [-0.05, 0) is 31.4 Å². The first-order chi connectivity index (χ1) is 15.0. The lowest BCUT2D eigenvalue weighted by Crippen LogP contribution is -2.34. The Morgan fingerprint density at radius 1 is 1.45 bits per heavy atom. The first-order valence-corrected chi connectivity index (χ1v) is 10.1. The molecule has 0 spiro atoms. The summed E-state index contributed by atoms with van der Waals surface area (Å²) < 4.78 is 23.5. The predicted octanol–water partition coefficient (Wildman–Crippen LogP) is 2.90. The summed E-state index contributed by atoms with van der Waals surface area (Å²) >= 11 is 0. The van der Waals surface area contributed by atoms with Gasteiger partial charge in [0.1, 0.15) is 6.61 Å². The van der Waals surface area contributed by atoms with Crippen LogP contribution in [-0.2, 0) is 16.1 Å². The van der Waals surface area contributed by atoms with Crippen molar-refractivity contribution >= 4 is 17.4 Å². The normalized spacial score (nSPS) is 13.9. The quantitative estimate of drug-likeness (QED) is 0.132. The molecule has 1 fully saturated rings. The summed E-state index contributed by atoms with van der Waals surface area (Å²) in [6.45, 7) is 3.87. The molecule has 0 radical (unpaired) electrons. The zero-order valence-electron chi connectivity index (χ0n) is 17.2. The van der Waals surface area contributed by atoms with Gasteiger partial charge in [0.15, 0.2) is 11.7 Å². The standard InChI is InChI=1S/C21H26FN5O4/c1-14(8-9-22)21(28)27(17-5-2-4-16(12-17)19(23)25-29)10-3-11-30-13-18-24-20(26-31-18)15-6-7-15/h2,4-5,12,15,29H,1,3,6-11,13H2,(H2,23,25). The van der Waals surface area contributed by atoms with Crippen molar-refractivity contribution in [3.05, 3.63) is 53.7 Å². The van der Waals surface area contributed by atoms with E-state index in [1.165, 1.54) is 4.90 Å². The maximum atomic E-state index is 12.8. The third-order valence-corrected chi connectivity index (χ3v) is 4.83. The number of alkyl halides is 1. The topological polar surface area (TPSA) is 127 Å². The first kappa shape index (κ1) is 22.4. The summed E-state index contributed by atoms with van der Waals surface area (Å²) in [7, 11) is 0. The smallest absolute Gasteiger partial charge is 0.253 e. The molecule has 1 heterocycles. The van der Waals surface area contributed by atoms with Crippen LogP contribution in [-0.4, -0.2) is 46.9 Å². The number of nitrogens with two attached hydrogens (primary N) is 1. The lowest BCUT2D eigenvalue weighted by atomic mass is 10.1. The van der Waals surface area contributed by atoms with Gasteiger partial charge in [0, 0.05) is 42.3 Å². The Kier molecular flexibility index (Phi) is 7.71. The second-order valence-electron chi connectivity index (χ2n) is 7.26. The van der Waals surface area contributed by atoms with Crippen molar-refractivity contribution in [2.75, 3.05) is 24.7 Å². The van der Waals surface area contributed by atoms with E-state index in [2.05, 4.69) is 21.9 Å². The van der Waals surface area contributed by atoms with Crippen molar-refractivity contribution in [2.45, 2.75) is 38.2 Å². The lowest BCUT2D eigenvalue weighted by Gasteiger charge is -2.24. The van der Waals surface area contributed by atoms with Gasteiger partial charge in [-0.15, -0.1) is 0 Å². The second-order valence-corrected chi connectivity index (χ2v) is 7.26. The average molecular weight is 431 g/mol. The molecule has 1 aromatic carbocycles. The number of oxime groups is 1. The lowest BCUT2D eigenvalue weighted by molar-refractivity contribution is -0.115. The van der Waals surface area contributed by atoms with Gasteiger partial charge in [-0.1, -0.05) is 29.0 Å². The zero-order valence-corrected chi connectivity index (χ0v) is 17.2. The molecule has 0 unspecified atom stereocenters. The van der Waals surface area contributed by atoms with Gasteiger partial charge in [0.25, 0.3) is 11.8 Å². The molecule has 2 aromatic rings. The number of aromatic nitrogens is 2. The third-order valence-electron chi connectivity index (χ3n) is 4.83. The number of amides is 1. The zero-order chi connectivity index (χ0) is 22.2. The fraction of sp³-hybridized carbons (Fsp3) is 0.429. The number of ether oxygens (including phenoxy) is 1. The predicted molar refractivity (Wildman–Crippen MR) is 112 cm³/mol. The number of anilines is 1. The molecule has 31 heavy (non-hydrogen) atoms. The number of nitrogens with zero attached hydrogens (tertiary/aromatic N) is 4. The number of hydrogen-bond donors (Lipinski definition) is 2. The van der Waals surface area contributed by atoms with Crippen LogP contribution < -0.4 is 10.6 Å². The largest absolute Gasteiger partial charge is 0.409 e. The Balaban J connectivity index is 1.59. The molecule has 166 valence electrons. The Labute approximate surface area is 179 Å². The molecular weight excluding hydrogens is 405 g/mol. The van der Waals surface area contributed by atoms with Crippen LogP contribution in [0.3, 0.4) is 0 Å². The Hall–Kier alpha value is -3.27. The summed E-state index contributed by atoms with van der Waals surface area (Å²) in [5, 5.41) is 15.8. The molecule has 0 saturated heterocycles. The number of amidine groups is 1. The van der Waals surface area contributed by atoms with Gasteiger partial charge in [-0.3, -0.25) is 9.18 Å². The van der Waals surface area contributed by atoms with E-state index in [9.17, 15) is 9.18 Å². The van der Waals surface area contributed by atoms with Gasteiger partial charge in [-0.2, -0.15) is 4.98 Å². The van der Waals surface area contributed by atoms with Crippen molar-refractivity contribution < 1.29 is 23.7 Å². The molecule has 9 nitrogen and oxygen atoms in total. The molecule has 1 aliphatic rings. The highest BCUT2D eigenvalue weighted by molar-refractivity contribution is 6.06. The molecule has 3 N–H and O–H groups in total. The monoisotopic (exact) mass is 431 g/mol. The van der Waals surface area contributed by atoms with Crippen LogP contribution >= 0.6 is 0 Å². The first-order valence-electron chi connectivity index (χ1n) is 10.1. The fourth-order valence-corrected chi connectivity index (χ4v) is 2.97. The van der Waals surface area contributed by atoms with E-state index in [0.29, 0.717) is 42.6 Å². The third kappa shape index (κ3) is 6.11. The minimum absolute atomic E-state index is 0.0494. The minimum atomic E-state index is -0.668. The van der Waals surface area contributed by atoms with E-state index in [4.69, 9.17) is 20.2 Å². The summed E-state index contributed by atoms with van der Waals surface area (Å²) in [6, 6.07) is 6.67. The molecule has 1 saturated carbocycles. The van der Waals surface area contributed by atoms with E-state index in [1.54, 1.807) is 24.3 Å². The van der Waals surface area contributed by atoms with Gasteiger partial charge in [-0.25, -0.2) is 0 Å². The van der Waals surface area contributed by atoms with E-state index in [1.807, 2.05) is 0 Å². The van der Waals surface area contributed by atoms with Crippen LogP contribution in [0.4, 0.5) is 10.1 Å². The molecule has 1 amide bonds. The summed E-state index contributed by atoms with van der Waals surface area (Å²) in [6.07, 6.45) is 2.64. The summed E-state index contributed by atoms with van der Waals surface area (Å²) in [4.78, 5) is 18.6. The highest BCUT2D eigenvalue weighted by atomic mass is 19.1. The van der Waals surface area contributed by atoms with Crippen LogP contribution in [0.25, 0.3) is 0 Å². The Morgan fingerprint density at radius 2 is 2.26 bits per heavy atom. The molecule has 0 bridgehead atoms. The Morgan fingerprint density at radius 3 is 2.97 bits per heavy atom. The maximum absolute atomic E-state index is 12.8. The number of carbonyl (C=O) groups is 1.